The molecule has 3 heterocycles. The summed E-state index contributed by atoms with van der Waals surface area (Å²) in [4.78, 5) is 127. The third kappa shape index (κ3) is 19.6. The van der Waals surface area contributed by atoms with Crippen molar-refractivity contribution in [1.82, 2.24) is 29.4 Å². The number of hydrogen-bond acceptors (Lipinski definition) is 16. The van der Waals surface area contributed by atoms with Crippen molar-refractivity contribution in [2.24, 2.45) is 23.7 Å². The van der Waals surface area contributed by atoms with Gasteiger partial charge in [-0.15, -0.1) is 0 Å². The van der Waals surface area contributed by atoms with Crippen LogP contribution in [0.3, 0.4) is 0 Å². The third-order valence-electron chi connectivity index (χ3n) is 15.4. The van der Waals surface area contributed by atoms with Crippen molar-refractivity contribution in [2.45, 2.75) is 169 Å². The fraction of sp³-hybridized carbons (Fsp3) is 0.677. The lowest BCUT2D eigenvalue weighted by Gasteiger charge is -2.35. The zero-order valence-corrected chi connectivity index (χ0v) is 51.3. The zero-order valence-electron chi connectivity index (χ0n) is 51.3. The van der Waals surface area contributed by atoms with Gasteiger partial charge in [0.2, 0.25) is 0 Å². The zero-order chi connectivity index (χ0) is 60.5. The highest BCUT2D eigenvalue weighted by Crippen LogP contribution is 2.25. The average Bonchev–Trinajstić information content (AvgIpc) is 3.49. The van der Waals surface area contributed by atoms with Gasteiger partial charge in [0, 0.05) is 80.3 Å². The van der Waals surface area contributed by atoms with Crippen LogP contribution >= 0.6 is 0 Å². The van der Waals surface area contributed by atoms with Gasteiger partial charge >= 0.3 is 23.9 Å². The molecule has 0 spiro atoms. The van der Waals surface area contributed by atoms with Crippen LogP contribution in [0.25, 0.3) is 0 Å². The molecule has 0 aromatic heterocycles. The Labute approximate surface area is 486 Å². The van der Waals surface area contributed by atoms with Gasteiger partial charge in [-0.3, -0.25) is 29.0 Å². The predicted octanol–water partition coefficient (Wildman–Crippen LogP) is 5.33. The number of rotatable bonds is 16. The molecule has 3 aliphatic heterocycles. The van der Waals surface area contributed by atoms with Crippen molar-refractivity contribution in [3.63, 3.8) is 0 Å². The molecule has 20 heteroatoms. The number of carbonyl (C=O) groups excluding carboxylic acids is 8. The lowest BCUT2D eigenvalue weighted by molar-refractivity contribution is -0.176. The average molecular weight is 1150 g/mol. The van der Waals surface area contributed by atoms with Gasteiger partial charge in [0.1, 0.15) is 24.2 Å². The van der Waals surface area contributed by atoms with E-state index in [1.807, 2.05) is 104 Å². The summed E-state index contributed by atoms with van der Waals surface area (Å²) in [5, 5.41) is 0. The lowest BCUT2D eigenvalue weighted by atomic mass is 9.99. The highest BCUT2D eigenvalue weighted by molar-refractivity contribution is 5.94. The van der Waals surface area contributed by atoms with E-state index in [9.17, 15) is 28.8 Å². The minimum atomic E-state index is -1.51. The van der Waals surface area contributed by atoms with Crippen molar-refractivity contribution in [3.8, 4) is 0 Å². The molecule has 4 amide bonds. The first-order valence-electron chi connectivity index (χ1n) is 29.4. The minimum Gasteiger partial charge on any atom is -0.451 e. The molecule has 0 saturated carbocycles. The number of nitrogens with zero attached hydrogens (tertiary/aromatic N) is 6. The maximum atomic E-state index is 15.0. The molecule has 5 rings (SSSR count). The monoisotopic (exact) mass is 1150 g/mol. The lowest BCUT2D eigenvalue weighted by Crippen LogP contribution is -2.55. The topological polar surface area (TPSA) is 211 Å². The van der Waals surface area contributed by atoms with E-state index in [4.69, 9.17) is 28.4 Å². The Kier molecular flexibility index (Phi) is 25.8. The van der Waals surface area contributed by atoms with E-state index in [1.54, 1.807) is 0 Å². The number of benzene rings is 2. The SMILES string of the molecule is CC(C)C[C@H]1C(=O)O[C@H](Cc2ccc(CN3CCOCC3)cc2)C(=O)N(C)[C@@H](CC(C)C)C(=O)O[C@H](C)C(=O)N(C)[C@@H](CC(C)C)C(=O)O[C@H](Cc2ccc(CN3CCOCC3)cc2)C(=O)N(C)[C@@H](CC(C)C)C(=O)O[C@H](C)C(=O)N1C. The van der Waals surface area contributed by atoms with E-state index < -0.39 is 96.1 Å². The Balaban J connectivity index is 1.57. The Morgan fingerprint density at radius 1 is 0.378 bits per heavy atom. The molecule has 0 unspecified atom stereocenters. The second-order valence-corrected chi connectivity index (χ2v) is 24.2. The third-order valence-corrected chi connectivity index (χ3v) is 15.4. The number of morpholine rings is 2. The summed E-state index contributed by atoms with van der Waals surface area (Å²) in [6, 6.07) is 10.1. The van der Waals surface area contributed by atoms with Crippen LogP contribution in [0.15, 0.2) is 48.5 Å². The summed E-state index contributed by atoms with van der Waals surface area (Å²) in [6.45, 7) is 24.8. The van der Waals surface area contributed by atoms with E-state index in [-0.39, 0.29) is 62.2 Å². The second kappa shape index (κ2) is 31.6. The number of likely N-dealkylation sites (N-methyl/N-ethyl adjacent to an activating group) is 4. The summed E-state index contributed by atoms with van der Waals surface area (Å²) in [7, 11) is 5.63. The van der Waals surface area contributed by atoms with Gasteiger partial charge in [-0.1, -0.05) is 104 Å². The van der Waals surface area contributed by atoms with Crippen LogP contribution in [0, 0.1) is 23.7 Å². The first kappa shape index (κ1) is 66.8. The number of amides is 4. The quantitative estimate of drug-likeness (QED) is 0.154. The Bertz CT molecular complexity index is 2260. The Hall–Kier alpha value is -5.96. The van der Waals surface area contributed by atoms with Gasteiger partial charge < -0.3 is 48.0 Å². The van der Waals surface area contributed by atoms with Crippen LogP contribution in [0.5, 0.6) is 0 Å². The van der Waals surface area contributed by atoms with Crippen molar-refractivity contribution >= 4 is 47.5 Å². The molecule has 3 saturated heterocycles. The second-order valence-electron chi connectivity index (χ2n) is 24.2. The van der Waals surface area contributed by atoms with Crippen LogP contribution < -0.4 is 0 Å². The smallest absolute Gasteiger partial charge is 0.329 e. The molecule has 2 aromatic rings. The fourth-order valence-electron chi connectivity index (χ4n) is 10.5. The normalized spacial score (nSPS) is 25.7. The summed E-state index contributed by atoms with van der Waals surface area (Å²) in [5.74, 6) is -7.24. The summed E-state index contributed by atoms with van der Waals surface area (Å²) < 4.78 is 35.3. The summed E-state index contributed by atoms with van der Waals surface area (Å²) in [5.41, 5.74) is 3.37. The predicted molar refractivity (Wildman–Crippen MR) is 307 cm³/mol. The molecule has 0 bridgehead atoms. The standard InChI is InChI=1S/C62H94N6O14/c1-39(2)31-49-59(73)79-43(9)55(69)63(11)52(34-42(7)8)62(76)82-54(36-46-17-21-48(22-18-46)38-68-25-29-78-30-26-68)58(72)66(14)50(32-40(3)4)60(74)80-44(10)56(70)64(12)51(33-41(5)6)61(75)81-53(57(71)65(49)13)35-45-15-19-47(20-16-45)37-67-23-27-77-28-24-67/h15-22,39-44,49-54H,23-38H2,1-14H3/t43-,44-,49+,50+,51+,52+,53-,54-/m1/s1. The van der Waals surface area contributed by atoms with Gasteiger partial charge in [0.05, 0.1) is 26.4 Å². The van der Waals surface area contributed by atoms with E-state index in [0.717, 1.165) is 47.1 Å². The number of esters is 4. The molecular weight excluding hydrogens is 1050 g/mol. The van der Waals surface area contributed by atoms with Gasteiger partial charge in [-0.25, -0.2) is 19.2 Å². The molecule has 8 atom stereocenters. The van der Waals surface area contributed by atoms with Crippen LogP contribution in [0.4, 0.5) is 0 Å². The maximum absolute atomic E-state index is 15.0. The van der Waals surface area contributed by atoms with E-state index >= 15 is 9.59 Å². The number of hydrogen-bond donors (Lipinski definition) is 0. The van der Waals surface area contributed by atoms with E-state index in [1.165, 1.54) is 51.8 Å². The maximum Gasteiger partial charge on any atom is 0.329 e. The molecule has 20 nitrogen and oxygen atoms in total. The molecule has 0 aliphatic carbocycles. The molecule has 3 aliphatic rings. The first-order chi connectivity index (χ1) is 38.7. The van der Waals surface area contributed by atoms with Gasteiger partial charge in [0.25, 0.3) is 23.6 Å². The van der Waals surface area contributed by atoms with Crippen LogP contribution in [0.1, 0.15) is 117 Å². The van der Waals surface area contributed by atoms with Crippen LogP contribution in [-0.2, 0) is 92.7 Å². The van der Waals surface area contributed by atoms with Crippen molar-refractivity contribution in [1.29, 1.82) is 0 Å². The molecule has 2 aromatic carbocycles. The van der Waals surface area contributed by atoms with Gasteiger partial charge in [0.15, 0.2) is 24.4 Å². The number of carbonyl (C=O) groups is 8. The minimum absolute atomic E-state index is 0.0966. The highest BCUT2D eigenvalue weighted by atomic mass is 16.6. The van der Waals surface area contributed by atoms with Crippen molar-refractivity contribution in [3.05, 3.63) is 70.8 Å². The molecular formula is C62H94N6O14. The first-order valence-corrected chi connectivity index (χ1v) is 29.4. The number of ether oxygens (including phenoxy) is 6. The van der Waals surface area contributed by atoms with Crippen LogP contribution in [-0.4, -0.2) is 206 Å². The summed E-state index contributed by atoms with van der Waals surface area (Å²) >= 11 is 0. The van der Waals surface area contributed by atoms with Crippen LogP contribution in [0.2, 0.25) is 0 Å². The molecule has 0 radical (unpaired) electrons. The molecule has 3 fully saturated rings. The molecule has 456 valence electrons. The van der Waals surface area contributed by atoms with E-state index in [2.05, 4.69) is 9.80 Å². The fourth-order valence-corrected chi connectivity index (χ4v) is 10.5. The Morgan fingerprint density at radius 2 is 0.622 bits per heavy atom. The van der Waals surface area contributed by atoms with E-state index in [0.29, 0.717) is 50.6 Å². The van der Waals surface area contributed by atoms with Gasteiger partial charge in [-0.05, 0) is 85.5 Å². The highest BCUT2D eigenvalue weighted by Gasteiger charge is 2.43. The molecule has 82 heavy (non-hydrogen) atoms. The van der Waals surface area contributed by atoms with Crippen molar-refractivity contribution < 1.29 is 66.8 Å². The van der Waals surface area contributed by atoms with Crippen molar-refractivity contribution in [2.75, 3.05) is 80.8 Å². The number of cyclic esters (lactones) is 4. The Morgan fingerprint density at radius 3 is 0.890 bits per heavy atom. The largest absolute Gasteiger partial charge is 0.451 e. The molecule has 0 N–H and O–H groups in total. The van der Waals surface area contributed by atoms with Gasteiger partial charge in [-0.2, -0.15) is 0 Å². The summed E-state index contributed by atoms with van der Waals surface area (Å²) in [6.07, 6.45) is -5.77.